The van der Waals surface area contributed by atoms with Crippen molar-refractivity contribution in [1.82, 2.24) is 5.32 Å². The first kappa shape index (κ1) is 14.6. The maximum atomic E-state index is 6.13. The van der Waals surface area contributed by atoms with E-state index >= 15 is 0 Å². The fraction of sp³-hybridized carbons (Fsp3) is 1.00. The fourth-order valence-electron chi connectivity index (χ4n) is 3.04. The highest BCUT2D eigenvalue weighted by Crippen LogP contribution is 2.42. The van der Waals surface area contributed by atoms with Gasteiger partial charge in [-0.2, -0.15) is 11.8 Å². The third-order valence-corrected chi connectivity index (χ3v) is 6.15. The largest absolute Gasteiger partial charge is 0.374 e. The average molecular weight is 272 g/mol. The molecule has 0 radical (unpaired) electrons. The summed E-state index contributed by atoms with van der Waals surface area (Å²) < 4.78 is 5.88. The Hall–Kier alpha value is 0.230. The van der Waals surface area contributed by atoms with Crippen molar-refractivity contribution in [1.29, 1.82) is 0 Å². The van der Waals surface area contributed by atoms with Crippen molar-refractivity contribution in [2.75, 3.05) is 31.2 Å². The van der Waals surface area contributed by atoms with Gasteiger partial charge in [-0.15, -0.1) is 0 Å². The lowest BCUT2D eigenvalue weighted by Gasteiger charge is -2.51. The minimum Gasteiger partial charge on any atom is -0.374 e. The molecule has 0 amide bonds. The molecule has 0 aromatic rings. The minimum absolute atomic E-state index is 0.0142. The van der Waals surface area contributed by atoms with Crippen molar-refractivity contribution in [3.05, 3.63) is 0 Å². The van der Waals surface area contributed by atoms with E-state index in [9.17, 15) is 0 Å². The average Bonchev–Trinajstić information content (AvgIpc) is 2.75. The van der Waals surface area contributed by atoms with Crippen LogP contribution in [0, 0.1) is 5.41 Å². The summed E-state index contributed by atoms with van der Waals surface area (Å²) in [4.78, 5) is 0. The zero-order chi connectivity index (χ0) is 13.3. The van der Waals surface area contributed by atoms with Crippen LogP contribution in [0.2, 0.25) is 0 Å². The molecule has 3 N–H and O–H groups in total. The smallest absolute Gasteiger partial charge is 0.0779 e. The molecule has 18 heavy (non-hydrogen) atoms. The van der Waals surface area contributed by atoms with E-state index in [4.69, 9.17) is 10.5 Å². The predicted octanol–water partition coefficient (Wildman–Crippen LogP) is 2.01. The van der Waals surface area contributed by atoms with Crippen molar-refractivity contribution < 1.29 is 4.74 Å². The van der Waals surface area contributed by atoms with Gasteiger partial charge in [0.1, 0.15) is 0 Å². The summed E-state index contributed by atoms with van der Waals surface area (Å²) in [6.07, 6.45) is 3.58. The van der Waals surface area contributed by atoms with Crippen LogP contribution in [0.15, 0.2) is 0 Å². The maximum Gasteiger partial charge on any atom is 0.0779 e. The van der Waals surface area contributed by atoms with Crippen molar-refractivity contribution in [2.45, 2.75) is 51.2 Å². The first-order valence-corrected chi connectivity index (χ1v) is 8.25. The van der Waals surface area contributed by atoms with Crippen LogP contribution in [0.25, 0.3) is 0 Å². The van der Waals surface area contributed by atoms with Gasteiger partial charge in [-0.1, -0.05) is 13.8 Å². The maximum absolute atomic E-state index is 6.13. The first-order chi connectivity index (χ1) is 8.43. The summed E-state index contributed by atoms with van der Waals surface area (Å²) in [5.41, 5.74) is 6.47. The number of hydrogen-bond donors (Lipinski definition) is 2. The Kier molecular flexibility index (Phi) is 4.32. The first-order valence-electron chi connectivity index (χ1n) is 7.10. The number of ether oxygens (including phenoxy) is 1. The molecule has 0 spiro atoms. The predicted molar refractivity (Wildman–Crippen MR) is 79.1 cm³/mol. The van der Waals surface area contributed by atoms with Crippen LogP contribution in [0.3, 0.4) is 0 Å². The van der Waals surface area contributed by atoms with E-state index < -0.39 is 0 Å². The second kappa shape index (κ2) is 5.31. The molecular weight excluding hydrogens is 244 g/mol. The third-order valence-electron chi connectivity index (χ3n) is 4.97. The van der Waals surface area contributed by atoms with Crippen molar-refractivity contribution >= 4 is 11.8 Å². The number of rotatable bonds is 4. The highest BCUT2D eigenvalue weighted by atomic mass is 32.2. The monoisotopic (exact) mass is 272 g/mol. The molecule has 0 aliphatic carbocycles. The zero-order valence-corrected chi connectivity index (χ0v) is 12.9. The Morgan fingerprint density at radius 3 is 2.61 bits per heavy atom. The molecule has 2 atom stereocenters. The standard InChI is InChI=1S/C14H28N2OS/c1-12(2)6-8-18-11-14(12,9-15)16-10-13(3)5-4-7-17-13/h16H,4-11,15H2,1-3H3. The molecule has 0 aromatic heterocycles. The summed E-state index contributed by atoms with van der Waals surface area (Å²) in [5.74, 6) is 2.37. The highest BCUT2D eigenvalue weighted by Gasteiger charge is 2.47. The lowest BCUT2D eigenvalue weighted by Crippen LogP contribution is -2.66. The molecule has 2 unspecified atom stereocenters. The van der Waals surface area contributed by atoms with Crippen LogP contribution in [-0.4, -0.2) is 42.3 Å². The van der Waals surface area contributed by atoms with Crippen molar-refractivity contribution in [2.24, 2.45) is 11.1 Å². The lowest BCUT2D eigenvalue weighted by molar-refractivity contribution is 0.00573. The molecule has 2 heterocycles. The number of nitrogens with two attached hydrogens (primary N) is 1. The summed E-state index contributed by atoms with van der Waals surface area (Å²) in [7, 11) is 0. The van der Waals surface area contributed by atoms with Gasteiger partial charge in [-0.3, -0.25) is 0 Å². The van der Waals surface area contributed by atoms with E-state index in [0.29, 0.717) is 6.54 Å². The number of nitrogens with one attached hydrogen (secondary N) is 1. The van der Waals surface area contributed by atoms with Crippen LogP contribution in [-0.2, 0) is 4.74 Å². The van der Waals surface area contributed by atoms with E-state index in [2.05, 4.69) is 26.1 Å². The van der Waals surface area contributed by atoms with E-state index in [-0.39, 0.29) is 16.6 Å². The Morgan fingerprint density at radius 2 is 2.06 bits per heavy atom. The quantitative estimate of drug-likeness (QED) is 0.822. The normalized spacial score (nSPS) is 40.0. The van der Waals surface area contributed by atoms with Gasteiger partial charge in [0.25, 0.3) is 0 Å². The molecule has 0 bridgehead atoms. The van der Waals surface area contributed by atoms with Gasteiger partial charge in [0.15, 0.2) is 0 Å². The van der Waals surface area contributed by atoms with Gasteiger partial charge >= 0.3 is 0 Å². The minimum atomic E-state index is 0.0142. The van der Waals surface area contributed by atoms with Crippen LogP contribution >= 0.6 is 11.8 Å². The second-order valence-electron chi connectivity index (χ2n) is 6.73. The van der Waals surface area contributed by atoms with Crippen LogP contribution in [0.4, 0.5) is 0 Å². The van der Waals surface area contributed by atoms with Crippen molar-refractivity contribution in [3.63, 3.8) is 0 Å². The summed E-state index contributed by atoms with van der Waals surface area (Å²) >= 11 is 2.03. The fourth-order valence-corrected chi connectivity index (χ4v) is 4.80. The highest BCUT2D eigenvalue weighted by molar-refractivity contribution is 7.99. The second-order valence-corrected chi connectivity index (χ2v) is 7.83. The van der Waals surface area contributed by atoms with E-state index in [0.717, 1.165) is 25.3 Å². The Labute approximate surface area is 116 Å². The number of thioether (sulfide) groups is 1. The van der Waals surface area contributed by atoms with Crippen LogP contribution < -0.4 is 11.1 Å². The summed E-state index contributed by atoms with van der Waals surface area (Å²) in [6.45, 7) is 9.47. The van der Waals surface area contributed by atoms with E-state index in [1.807, 2.05) is 11.8 Å². The molecule has 0 saturated carbocycles. The Balaban J connectivity index is 2.03. The summed E-state index contributed by atoms with van der Waals surface area (Å²) in [6, 6.07) is 0. The molecule has 2 aliphatic heterocycles. The van der Waals surface area contributed by atoms with Crippen LogP contribution in [0.5, 0.6) is 0 Å². The van der Waals surface area contributed by atoms with E-state index in [1.54, 1.807) is 0 Å². The van der Waals surface area contributed by atoms with Crippen molar-refractivity contribution in [3.8, 4) is 0 Å². The van der Waals surface area contributed by atoms with Gasteiger partial charge in [0.05, 0.1) is 5.60 Å². The van der Waals surface area contributed by atoms with E-state index in [1.165, 1.54) is 18.6 Å². The zero-order valence-electron chi connectivity index (χ0n) is 12.1. The molecule has 2 fully saturated rings. The third kappa shape index (κ3) is 2.72. The lowest BCUT2D eigenvalue weighted by atomic mass is 9.70. The molecular formula is C14H28N2OS. The molecule has 3 nitrogen and oxygen atoms in total. The molecule has 2 saturated heterocycles. The number of hydrogen-bond acceptors (Lipinski definition) is 4. The molecule has 0 aromatic carbocycles. The Morgan fingerprint density at radius 1 is 1.28 bits per heavy atom. The molecule has 2 aliphatic rings. The summed E-state index contributed by atoms with van der Waals surface area (Å²) in [5, 5.41) is 3.79. The molecule has 4 heteroatoms. The van der Waals surface area contributed by atoms with Crippen LogP contribution in [0.1, 0.15) is 40.0 Å². The SMILES string of the molecule is CC1(CNC2(CN)CSCCC2(C)C)CCCO1. The molecule has 106 valence electrons. The topological polar surface area (TPSA) is 47.3 Å². The van der Waals surface area contributed by atoms with Gasteiger partial charge in [0.2, 0.25) is 0 Å². The van der Waals surface area contributed by atoms with Gasteiger partial charge in [0, 0.05) is 31.0 Å². The van der Waals surface area contributed by atoms with Gasteiger partial charge in [-0.25, -0.2) is 0 Å². The van der Waals surface area contributed by atoms with Gasteiger partial charge < -0.3 is 15.8 Å². The van der Waals surface area contributed by atoms with Gasteiger partial charge in [-0.05, 0) is 37.4 Å². The Bertz CT molecular complexity index is 290. The molecule has 2 rings (SSSR count).